The third kappa shape index (κ3) is 4.06. The average molecular weight is 224 g/mol. The van der Waals surface area contributed by atoms with Crippen LogP contribution in [0, 0.1) is 0 Å². The van der Waals surface area contributed by atoms with E-state index in [-0.39, 0.29) is 0 Å². The summed E-state index contributed by atoms with van der Waals surface area (Å²) >= 11 is 6.10. The Morgan fingerprint density at radius 1 is 1.47 bits per heavy atom. The fourth-order valence-electron chi connectivity index (χ4n) is 1.50. The van der Waals surface area contributed by atoms with Gasteiger partial charge in [0.15, 0.2) is 0 Å². The lowest BCUT2D eigenvalue weighted by atomic mass is 10.1. The molecule has 1 atom stereocenters. The monoisotopic (exact) mass is 223 g/mol. The Morgan fingerprint density at radius 2 is 2.20 bits per heavy atom. The molecule has 1 aromatic rings. The molecule has 0 aliphatic rings. The third-order valence-corrected chi connectivity index (χ3v) is 2.75. The highest BCUT2D eigenvalue weighted by Gasteiger charge is 2.06. The van der Waals surface area contributed by atoms with Gasteiger partial charge in [0.2, 0.25) is 0 Å². The molecule has 0 aromatic heterocycles. The Morgan fingerprint density at radius 3 is 2.87 bits per heavy atom. The van der Waals surface area contributed by atoms with E-state index in [0.717, 1.165) is 30.0 Å². The maximum Gasteiger partial charge on any atom is 0.0453 e. The molecule has 82 valence electrons. The maximum absolute atomic E-state index is 6.10. The van der Waals surface area contributed by atoms with Gasteiger partial charge in [0.25, 0.3) is 0 Å². The molecule has 0 bridgehead atoms. The van der Waals surface area contributed by atoms with Gasteiger partial charge < -0.3 is 5.32 Å². The molecule has 1 nitrogen and oxygen atoms in total. The summed E-state index contributed by atoms with van der Waals surface area (Å²) in [6.45, 7) is 6.83. The summed E-state index contributed by atoms with van der Waals surface area (Å²) in [7, 11) is 0. The van der Waals surface area contributed by atoms with Crippen molar-refractivity contribution in [2.24, 2.45) is 0 Å². The van der Waals surface area contributed by atoms with Crippen molar-refractivity contribution in [3.8, 4) is 0 Å². The van der Waals surface area contributed by atoms with Crippen LogP contribution in [0.25, 0.3) is 0 Å². The Balaban J connectivity index is 2.43. The first kappa shape index (κ1) is 12.3. The molecule has 1 rings (SSSR count). The summed E-state index contributed by atoms with van der Waals surface area (Å²) in [6.07, 6.45) is 4.13. The molecule has 0 saturated heterocycles. The van der Waals surface area contributed by atoms with Crippen molar-refractivity contribution >= 4 is 11.6 Å². The highest BCUT2D eigenvalue weighted by molar-refractivity contribution is 6.31. The Kier molecular flexibility index (Phi) is 5.44. The van der Waals surface area contributed by atoms with Crippen LogP contribution in [0.4, 0.5) is 0 Å². The summed E-state index contributed by atoms with van der Waals surface area (Å²) in [4.78, 5) is 0. The van der Waals surface area contributed by atoms with Gasteiger partial charge >= 0.3 is 0 Å². The van der Waals surface area contributed by atoms with E-state index in [1.807, 2.05) is 24.3 Å². The van der Waals surface area contributed by atoms with Gasteiger partial charge in [-0.15, -0.1) is 6.58 Å². The van der Waals surface area contributed by atoms with E-state index in [4.69, 9.17) is 11.6 Å². The zero-order valence-electron chi connectivity index (χ0n) is 9.17. The molecule has 2 heteroatoms. The molecule has 0 spiro atoms. The largest absolute Gasteiger partial charge is 0.310 e. The van der Waals surface area contributed by atoms with Crippen LogP contribution in [0.2, 0.25) is 5.02 Å². The third-order valence-electron chi connectivity index (χ3n) is 2.41. The van der Waals surface area contributed by atoms with Crippen LogP contribution in [0.3, 0.4) is 0 Å². The van der Waals surface area contributed by atoms with E-state index in [1.165, 1.54) is 0 Å². The van der Waals surface area contributed by atoms with E-state index in [2.05, 4.69) is 24.9 Å². The Bertz CT molecular complexity index is 309. The van der Waals surface area contributed by atoms with E-state index >= 15 is 0 Å². The fraction of sp³-hybridized carbons (Fsp3) is 0.385. The lowest BCUT2D eigenvalue weighted by molar-refractivity contribution is 0.561. The molecular weight excluding hydrogens is 206 g/mol. The molecule has 1 unspecified atom stereocenters. The molecule has 0 fully saturated rings. The van der Waals surface area contributed by atoms with Gasteiger partial charge in [0.1, 0.15) is 0 Å². The molecule has 1 N–H and O–H groups in total. The van der Waals surface area contributed by atoms with Crippen LogP contribution < -0.4 is 5.32 Å². The molecule has 1 aromatic carbocycles. The van der Waals surface area contributed by atoms with Gasteiger partial charge in [0, 0.05) is 11.1 Å². The van der Waals surface area contributed by atoms with Crippen LogP contribution in [0.15, 0.2) is 36.9 Å². The number of allylic oxidation sites excluding steroid dienone is 1. The number of unbranched alkanes of at least 4 members (excludes halogenated alkanes) is 1. The number of hydrogen-bond donors (Lipinski definition) is 1. The quantitative estimate of drug-likeness (QED) is 0.569. The molecule has 0 saturated carbocycles. The fourth-order valence-corrected chi connectivity index (χ4v) is 1.80. The van der Waals surface area contributed by atoms with Gasteiger partial charge in [-0.1, -0.05) is 35.9 Å². The molecular formula is C13H18ClN. The predicted molar refractivity (Wildman–Crippen MR) is 67.3 cm³/mol. The van der Waals surface area contributed by atoms with Crippen LogP contribution in [0.1, 0.15) is 31.4 Å². The Hall–Kier alpha value is -0.790. The summed E-state index contributed by atoms with van der Waals surface area (Å²) in [5.74, 6) is 0. The predicted octanol–water partition coefficient (Wildman–Crippen LogP) is 3.96. The SMILES string of the molecule is C=CCCCNC(C)c1ccccc1Cl. The summed E-state index contributed by atoms with van der Waals surface area (Å²) in [6, 6.07) is 8.27. The minimum Gasteiger partial charge on any atom is -0.310 e. The molecule has 0 amide bonds. The summed E-state index contributed by atoms with van der Waals surface area (Å²) < 4.78 is 0. The van der Waals surface area contributed by atoms with E-state index in [1.54, 1.807) is 0 Å². The molecule has 0 heterocycles. The highest BCUT2D eigenvalue weighted by Crippen LogP contribution is 2.21. The van der Waals surface area contributed by atoms with Gasteiger partial charge in [0.05, 0.1) is 0 Å². The van der Waals surface area contributed by atoms with Gasteiger partial charge in [-0.2, -0.15) is 0 Å². The molecule has 15 heavy (non-hydrogen) atoms. The maximum atomic E-state index is 6.10. The minimum atomic E-state index is 0.309. The molecule has 0 aliphatic carbocycles. The molecule has 0 radical (unpaired) electrons. The summed E-state index contributed by atoms with van der Waals surface area (Å²) in [5.41, 5.74) is 1.16. The van der Waals surface area contributed by atoms with Gasteiger partial charge in [-0.05, 0) is 37.9 Å². The lowest BCUT2D eigenvalue weighted by Gasteiger charge is -2.15. The second-order valence-corrected chi connectivity index (χ2v) is 4.04. The van der Waals surface area contributed by atoms with Crippen molar-refractivity contribution in [3.05, 3.63) is 47.5 Å². The standard InChI is InChI=1S/C13H18ClN/c1-3-4-7-10-15-11(2)12-8-5-6-9-13(12)14/h3,5-6,8-9,11,15H,1,4,7,10H2,2H3. The van der Waals surface area contributed by atoms with Crippen molar-refractivity contribution in [1.82, 2.24) is 5.32 Å². The zero-order valence-corrected chi connectivity index (χ0v) is 9.93. The number of benzene rings is 1. The first-order valence-corrected chi connectivity index (χ1v) is 5.72. The zero-order chi connectivity index (χ0) is 11.1. The smallest absolute Gasteiger partial charge is 0.0453 e. The minimum absolute atomic E-state index is 0.309. The van der Waals surface area contributed by atoms with Crippen LogP contribution >= 0.6 is 11.6 Å². The van der Waals surface area contributed by atoms with Crippen molar-refractivity contribution in [2.75, 3.05) is 6.54 Å². The number of rotatable bonds is 6. The van der Waals surface area contributed by atoms with E-state index in [0.29, 0.717) is 6.04 Å². The number of nitrogens with one attached hydrogen (secondary N) is 1. The lowest BCUT2D eigenvalue weighted by Crippen LogP contribution is -2.19. The number of halogens is 1. The van der Waals surface area contributed by atoms with Crippen LogP contribution in [-0.4, -0.2) is 6.54 Å². The second-order valence-electron chi connectivity index (χ2n) is 3.63. The highest BCUT2D eigenvalue weighted by atomic mass is 35.5. The normalized spacial score (nSPS) is 12.4. The van der Waals surface area contributed by atoms with Crippen molar-refractivity contribution in [3.63, 3.8) is 0 Å². The van der Waals surface area contributed by atoms with E-state index < -0.39 is 0 Å². The molecule has 0 aliphatic heterocycles. The van der Waals surface area contributed by atoms with Crippen LogP contribution in [-0.2, 0) is 0 Å². The summed E-state index contributed by atoms with van der Waals surface area (Å²) in [5, 5.41) is 4.28. The average Bonchev–Trinajstić information content (AvgIpc) is 2.25. The van der Waals surface area contributed by atoms with Gasteiger partial charge in [-0.3, -0.25) is 0 Å². The second kappa shape index (κ2) is 6.65. The first-order valence-electron chi connectivity index (χ1n) is 5.34. The van der Waals surface area contributed by atoms with Crippen LogP contribution in [0.5, 0.6) is 0 Å². The Labute approximate surface area is 97.1 Å². The van der Waals surface area contributed by atoms with Gasteiger partial charge in [-0.25, -0.2) is 0 Å². The van der Waals surface area contributed by atoms with Crippen molar-refractivity contribution in [2.45, 2.75) is 25.8 Å². The number of hydrogen-bond acceptors (Lipinski definition) is 1. The van der Waals surface area contributed by atoms with Crippen molar-refractivity contribution in [1.29, 1.82) is 0 Å². The topological polar surface area (TPSA) is 12.0 Å². The van der Waals surface area contributed by atoms with Crippen molar-refractivity contribution < 1.29 is 0 Å². The first-order chi connectivity index (χ1) is 7.25. The van der Waals surface area contributed by atoms with E-state index in [9.17, 15) is 0 Å².